The molecule has 23 heavy (non-hydrogen) atoms. The molecule has 1 aromatic heterocycles. The lowest BCUT2D eigenvalue weighted by atomic mass is 10.1. The van der Waals surface area contributed by atoms with Crippen LogP contribution in [0.4, 0.5) is 5.13 Å². The van der Waals surface area contributed by atoms with E-state index in [1.54, 1.807) is 0 Å². The maximum atomic E-state index is 12.5. The number of rotatable bonds is 8. The molecule has 0 spiro atoms. The molecule has 132 valence electrons. The summed E-state index contributed by atoms with van der Waals surface area (Å²) in [6.45, 7) is 16.4. The van der Waals surface area contributed by atoms with Crippen LogP contribution >= 0.6 is 23.1 Å². The van der Waals surface area contributed by atoms with Crippen LogP contribution < -0.4 is 5.32 Å². The highest BCUT2D eigenvalue weighted by Gasteiger charge is 2.18. The van der Waals surface area contributed by atoms with Crippen molar-refractivity contribution in [1.82, 2.24) is 15.1 Å². The van der Waals surface area contributed by atoms with E-state index in [0.29, 0.717) is 17.6 Å². The van der Waals surface area contributed by atoms with Crippen LogP contribution in [0.2, 0.25) is 0 Å². The Kier molecular flexibility index (Phi) is 7.80. The number of nitrogens with one attached hydrogen (secondary N) is 1. The Hall–Kier alpha value is -0.820. The van der Waals surface area contributed by atoms with E-state index in [1.165, 1.54) is 23.1 Å². The van der Waals surface area contributed by atoms with Gasteiger partial charge in [-0.2, -0.15) is 0 Å². The van der Waals surface area contributed by atoms with Crippen LogP contribution in [0, 0.1) is 11.8 Å². The Morgan fingerprint density at radius 1 is 1.17 bits per heavy atom. The summed E-state index contributed by atoms with van der Waals surface area (Å²) in [7, 11) is 0. The quantitative estimate of drug-likeness (QED) is 0.712. The first-order valence-corrected chi connectivity index (χ1v) is 9.89. The van der Waals surface area contributed by atoms with Gasteiger partial charge in [0.1, 0.15) is 0 Å². The third-order valence-electron chi connectivity index (χ3n) is 2.73. The largest absolute Gasteiger partial charge is 0.355 e. The summed E-state index contributed by atoms with van der Waals surface area (Å²) in [4.78, 5) is 14.4. The van der Waals surface area contributed by atoms with Gasteiger partial charge < -0.3 is 10.2 Å². The van der Waals surface area contributed by atoms with E-state index in [4.69, 9.17) is 0 Å². The number of amides is 1. The highest BCUT2D eigenvalue weighted by molar-refractivity contribution is 8.01. The van der Waals surface area contributed by atoms with Crippen molar-refractivity contribution >= 4 is 34.1 Å². The Balaban J connectivity index is 2.56. The Morgan fingerprint density at radius 3 is 2.22 bits per heavy atom. The number of aromatic nitrogens is 2. The van der Waals surface area contributed by atoms with Crippen LogP contribution in [-0.2, 0) is 4.79 Å². The Labute approximate surface area is 148 Å². The number of hydrogen-bond donors (Lipinski definition) is 1. The molecule has 0 saturated carbocycles. The standard InChI is InChI=1S/C16H30N4OS2/c1-11(2)8-20(9-12(3)4)13(21)10-22-15-19-18-14(23-15)17-16(5,6)7/h11-12H,8-10H2,1-7H3,(H,17,18). The first kappa shape index (κ1) is 20.2. The summed E-state index contributed by atoms with van der Waals surface area (Å²) in [5, 5.41) is 12.4. The average molecular weight is 359 g/mol. The monoisotopic (exact) mass is 358 g/mol. The molecule has 1 amide bonds. The lowest BCUT2D eigenvalue weighted by Crippen LogP contribution is -2.38. The van der Waals surface area contributed by atoms with Crippen LogP contribution in [0.25, 0.3) is 0 Å². The fraction of sp³-hybridized carbons (Fsp3) is 0.812. The van der Waals surface area contributed by atoms with Crippen molar-refractivity contribution in [2.75, 3.05) is 24.2 Å². The first-order chi connectivity index (χ1) is 10.6. The van der Waals surface area contributed by atoms with Crippen LogP contribution in [0.1, 0.15) is 48.5 Å². The molecule has 0 atom stereocenters. The molecule has 0 aliphatic heterocycles. The van der Waals surface area contributed by atoms with E-state index in [2.05, 4.69) is 64.0 Å². The predicted octanol–water partition coefficient (Wildman–Crippen LogP) is 3.98. The Morgan fingerprint density at radius 2 is 1.74 bits per heavy atom. The van der Waals surface area contributed by atoms with Gasteiger partial charge in [0.2, 0.25) is 11.0 Å². The summed E-state index contributed by atoms with van der Waals surface area (Å²) in [6, 6.07) is 0. The molecule has 1 heterocycles. The molecule has 0 aliphatic carbocycles. The van der Waals surface area contributed by atoms with E-state index < -0.39 is 0 Å². The zero-order valence-corrected chi connectivity index (χ0v) is 17.0. The molecule has 7 heteroatoms. The van der Waals surface area contributed by atoms with Gasteiger partial charge in [-0.1, -0.05) is 50.8 Å². The van der Waals surface area contributed by atoms with Crippen molar-refractivity contribution in [3.05, 3.63) is 0 Å². The highest BCUT2D eigenvalue weighted by atomic mass is 32.2. The molecule has 0 aromatic carbocycles. The van der Waals surface area contributed by atoms with Gasteiger partial charge in [-0.3, -0.25) is 4.79 Å². The maximum absolute atomic E-state index is 12.5. The summed E-state index contributed by atoms with van der Waals surface area (Å²) >= 11 is 2.97. The number of anilines is 1. The summed E-state index contributed by atoms with van der Waals surface area (Å²) < 4.78 is 0.833. The van der Waals surface area contributed by atoms with Crippen molar-refractivity contribution in [2.24, 2.45) is 11.8 Å². The summed E-state index contributed by atoms with van der Waals surface area (Å²) in [5.41, 5.74) is -0.0391. The van der Waals surface area contributed by atoms with Gasteiger partial charge >= 0.3 is 0 Å². The molecular weight excluding hydrogens is 328 g/mol. The van der Waals surface area contributed by atoms with E-state index in [9.17, 15) is 4.79 Å². The molecule has 0 unspecified atom stereocenters. The minimum Gasteiger partial charge on any atom is -0.355 e. The third kappa shape index (κ3) is 8.55. The molecule has 0 fully saturated rings. The minimum absolute atomic E-state index is 0.0391. The second-order valence-corrected chi connectivity index (χ2v) is 9.82. The zero-order chi connectivity index (χ0) is 17.6. The summed E-state index contributed by atoms with van der Waals surface area (Å²) in [5.74, 6) is 1.56. The van der Waals surface area contributed by atoms with Crippen LogP contribution in [0.5, 0.6) is 0 Å². The summed E-state index contributed by atoms with van der Waals surface area (Å²) in [6.07, 6.45) is 0. The van der Waals surface area contributed by atoms with E-state index in [-0.39, 0.29) is 11.4 Å². The number of hydrogen-bond acceptors (Lipinski definition) is 6. The van der Waals surface area contributed by atoms with E-state index in [0.717, 1.165) is 22.6 Å². The van der Waals surface area contributed by atoms with E-state index >= 15 is 0 Å². The van der Waals surface area contributed by atoms with Crippen LogP contribution in [0.3, 0.4) is 0 Å². The van der Waals surface area contributed by atoms with Gasteiger partial charge in [0.05, 0.1) is 5.75 Å². The fourth-order valence-electron chi connectivity index (χ4n) is 2.01. The fourth-order valence-corrected chi connectivity index (χ4v) is 3.88. The van der Waals surface area contributed by atoms with Crippen LogP contribution in [-0.4, -0.2) is 45.4 Å². The smallest absolute Gasteiger partial charge is 0.233 e. The number of carbonyl (C=O) groups is 1. The topological polar surface area (TPSA) is 58.1 Å². The lowest BCUT2D eigenvalue weighted by Gasteiger charge is -2.26. The normalized spacial score (nSPS) is 12.0. The van der Waals surface area contributed by atoms with Gasteiger partial charge in [-0.25, -0.2) is 0 Å². The molecule has 1 N–H and O–H groups in total. The number of carbonyl (C=O) groups excluding carboxylic acids is 1. The minimum atomic E-state index is -0.0391. The Bertz CT molecular complexity index is 485. The molecular formula is C16H30N4OS2. The first-order valence-electron chi connectivity index (χ1n) is 8.09. The van der Waals surface area contributed by atoms with Crippen molar-refractivity contribution in [3.63, 3.8) is 0 Å². The number of nitrogens with zero attached hydrogens (tertiary/aromatic N) is 3. The molecule has 0 saturated heterocycles. The van der Waals surface area contributed by atoms with Gasteiger partial charge in [0, 0.05) is 18.6 Å². The second-order valence-electron chi connectivity index (χ2n) is 7.62. The van der Waals surface area contributed by atoms with Gasteiger partial charge in [0.15, 0.2) is 4.34 Å². The highest BCUT2D eigenvalue weighted by Crippen LogP contribution is 2.27. The molecule has 1 aromatic rings. The molecule has 0 radical (unpaired) electrons. The van der Waals surface area contributed by atoms with Gasteiger partial charge in [-0.05, 0) is 32.6 Å². The van der Waals surface area contributed by atoms with E-state index in [1.807, 2.05) is 4.90 Å². The van der Waals surface area contributed by atoms with Crippen molar-refractivity contribution in [1.29, 1.82) is 0 Å². The van der Waals surface area contributed by atoms with Crippen LogP contribution in [0.15, 0.2) is 4.34 Å². The zero-order valence-electron chi connectivity index (χ0n) is 15.3. The van der Waals surface area contributed by atoms with Gasteiger partial charge in [0.25, 0.3) is 0 Å². The maximum Gasteiger partial charge on any atom is 0.233 e. The van der Waals surface area contributed by atoms with Crippen molar-refractivity contribution in [3.8, 4) is 0 Å². The predicted molar refractivity (Wildman–Crippen MR) is 100 cm³/mol. The second kappa shape index (κ2) is 8.87. The molecule has 0 bridgehead atoms. The number of thioether (sulfide) groups is 1. The van der Waals surface area contributed by atoms with Crippen molar-refractivity contribution < 1.29 is 4.79 Å². The molecule has 5 nitrogen and oxygen atoms in total. The SMILES string of the molecule is CC(C)CN(CC(C)C)C(=O)CSc1nnc(NC(C)(C)C)s1. The third-order valence-corrected chi connectivity index (χ3v) is 4.69. The van der Waals surface area contributed by atoms with Gasteiger partial charge in [-0.15, -0.1) is 10.2 Å². The van der Waals surface area contributed by atoms with Crippen molar-refractivity contribution in [2.45, 2.75) is 58.3 Å². The molecule has 1 rings (SSSR count). The molecule has 0 aliphatic rings. The lowest BCUT2D eigenvalue weighted by molar-refractivity contribution is -0.129. The average Bonchev–Trinajstić information content (AvgIpc) is 2.79.